The molecule has 0 bridgehead atoms. The molecule has 25 heavy (non-hydrogen) atoms. The molecule has 2 aromatic rings. The molecule has 0 aliphatic carbocycles. The van der Waals surface area contributed by atoms with Crippen LogP contribution in [0.1, 0.15) is 12.8 Å². The van der Waals surface area contributed by atoms with Gasteiger partial charge in [0.25, 0.3) is 11.8 Å². The Bertz CT molecular complexity index is 847. The second-order valence-corrected chi connectivity index (χ2v) is 7.95. The van der Waals surface area contributed by atoms with Gasteiger partial charge in [0.15, 0.2) is 0 Å². The number of methoxy groups -OCH3 is 1. The molecule has 0 saturated carbocycles. The van der Waals surface area contributed by atoms with E-state index >= 15 is 0 Å². The number of halogens is 1. The second kappa shape index (κ2) is 7.55. The van der Waals surface area contributed by atoms with Crippen molar-refractivity contribution in [2.24, 2.45) is 0 Å². The molecular weight excluding hydrogens is 366 g/mol. The van der Waals surface area contributed by atoms with E-state index in [1.54, 1.807) is 12.1 Å². The highest BCUT2D eigenvalue weighted by Crippen LogP contribution is 2.27. The highest BCUT2D eigenvalue weighted by atomic mass is 35.5. The SMILES string of the molecule is COc1nccnc1OC1CCCN(S(=O)(=O)c2cccc(Cl)c2)C1. The Morgan fingerprint density at radius 3 is 2.72 bits per heavy atom. The molecule has 1 atom stereocenters. The van der Waals surface area contributed by atoms with Gasteiger partial charge in [-0.1, -0.05) is 17.7 Å². The zero-order valence-electron chi connectivity index (χ0n) is 13.6. The Hall–Kier alpha value is -1.90. The summed E-state index contributed by atoms with van der Waals surface area (Å²) in [6.07, 6.45) is 4.09. The summed E-state index contributed by atoms with van der Waals surface area (Å²) in [6, 6.07) is 6.26. The van der Waals surface area contributed by atoms with E-state index in [0.717, 1.165) is 6.42 Å². The van der Waals surface area contributed by atoms with Gasteiger partial charge in [-0.3, -0.25) is 0 Å². The number of aromatic nitrogens is 2. The molecule has 1 aliphatic heterocycles. The van der Waals surface area contributed by atoms with Gasteiger partial charge in [-0.2, -0.15) is 4.31 Å². The first-order valence-electron chi connectivity index (χ1n) is 7.78. The number of nitrogens with zero attached hydrogens (tertiary/aromatic N) is 3. The van der Waals surface area contributed by atoms with Crippen molar-refractivity contribution < 1.29 is 17.9 Å². The minimum atomic E-state index is -3.62. The van der Waals surface area contributed by atoms with E-state index < -0.39 is 10.0 Å². The van der Waals surface area contributed by atoms with E-state index in [0.29, 0.717) is 18.0 Å². The molecule has 0 radical (unpaired) electrons. The lowest BCUT2D eigenvalue weighted by molar-refractivity contribution is 0.119. The number of ether oxygens (including phenoxy) is 2. The van der Waals surface area contributed by atoms with Crippen LogP contribution in [0.3, 0.4) is 0 Å². The maximum Gasteiger partial charge on any atom is 0.278 e. The summed E-state index contributed by atoms with van der Waals surface area (Å²) >= 11 is 5.92. The van der Waals surface area contributed by atoms with Crippen LogP contribution in [-0.4, -0.2) is 49.0 Å². The van der Waals surface area contributed by atoms with Crippen molar-refractivity contribution >= 4 is 21.6 Å². The zero-order chi connectivity index (χ0) is 17.9. The fourth-order valence-electron chi connectivity index (χ4n) is 2.69. The first-order valence-corrected chi connectivity index (χ1v) is 9.60. The van der Waals surface area contributed by atoms with Gasteiger partial charge in [-0.15, -0.1) is 0 Å². The van der Waals surface area contributed by atoms with Crippen molar-refractivity contribution in [1.82, 2.24) is 14.3 Å². The van der Waals surface area contributed by atoms with Crippen molar-refractivity contribution in [2.45, 2.75) is 23.8 Å². The lowest BCUT2D eigenvalue weighted by Crippen LogP contribution is -2.44. The topological polar surface area (TPSA) is 81.6 Å². The third-order valence-electron chi connectivity index (χ3n) is 3.88. The Morgan fingerprint density at radius 1 is 1.24 bits per heavy atom. The lowest BCUT2D eigenvalue weighted by atomic mass is 10.1. The van der Waals surface area contributed by atoms with Crippen molar-refractivity contribution in [3.8, 4) is 11.8 Å². The van der Waals surface area contributed by atoms with Crippen LogP contribution in [0.15, 0.2) is 41.6 Å². The number of sulfonamides is 1. The second-order valence-electron chi connectivity index (χ2n) is 5.57. The predicted molar refractivity (Wildman–Crippen MR) is 92.4 cm³/mol. The molecule has 1 saturated heterocycles. The minimum Gasteiger partial charge on any atom is -0.477 e. The van der Waals surface area contributed by atoms with Crippen LogP contribution in [0.5, 0.6) is 11.8 Å². The largest absolute Gasteiger partial charge is 0.477 e. The summed E-state index contributed by atoms with van der Waals surface area (Å²) < 4.78 is 38.0. The summed E-state index contributed by atoms with van der Waals surface area (Å²) in [5.41, 5.74) is 0. The van der Waals surface area contributed by atoms with Crippen LogP contribution < -0.4 is 9.47 Å². The fourth-order valence-corrected chi connectivity index (χ4v) is 4.50. The van der Waals surface area contributed by atoms with Gasteiger partial charge < -0.3 is 9.47 Å². The quantitative estimate of drug-likeness (QED) is 0.788. The summed E-state index contributed by atoms with van der Waals surface area (Å²) in [5, 5.41) is 0.384. The molecule has 0 spiro atoms. The van der Waals surface area contributed by atoms with Crippen LogP contribution in [0.2, 0.25) is 5.02 Å². The molecule has 9 heteroatoms. The van der Waals surface area contributed by atoms with Gasteiger partial charge in [0.05, 0.1) is 18.6 Å². The molecule has 1 aliphatic rings. The van der Waals surface area contributed by atoms with E-state index in [9.17, 15) is 8.42 Å². The first kappa shape index (κ1) is 17.9. The monoisotopic (exact) mass is 383 g/mol. The Balaban J connectivity index is 1.77. The van der Waals surface area contributed by atoms with E-state index in [1.807, 2.05) is 0 Å². The Morgan fingerprint density at radius 2 is 2.00 bits per heavy atom. The van der Waals surface area contributed by atoms with Crippen LogP contribution in [0, 0.1) is 0 Å². The zero-order valence-corrected chi connectivity index (χ0v) is 15.2. The van der Waals surface area contributed by atoms with Crippen molar-refractivity contribution in [1.29, 1.82) is 0 Å². The van der Waals surface area contributed by atoms with E-state index in [2.05, 4.69) is 9.97 Å². The third kappa shape index (κ3) is 4.02. The molecule has 0 N–H and O–H groups in total. The number of rotatable bonds is 5. The van der Waals surface area contributed by atoms with Crippen molar-refractivity contribution in [3.05, 3.63) is 41.7 Å². The van der Waals surface area contributed by atoms with Gasteiger partial charge in [0.2, 0.25) is 10.0 Å². The molecular formula is C16H18ClN3O4S. The minimum absolute atomic E-state index is 0.178. The molecule has 1 aromatic heterocycles. The van der Waals surface area contributed by atoms with Gasteiger partial charge >= 0.3 is 0 Å². The molecule has 7 nitrogen and oxygen atoms in total. The van der Waals surface area contributed by atoms with Crippen molar-refractivity contribution in [2.75, 3.05) is 20.2 Å². The highest BCUT2D eigenvalue weighted by molar-refractivity contribution is 7.89. The average molecular weight is 384 g/mol. The fraction of sp³-hybridized carbons (Fsp3) is 0.375. The van der Waals surface area contributed by atoms with Crippen molar-refractivity contribution in [3.63, 3.8) is 0 Å². The summed E-state index contributed by atoms with van der Waals surface area (Å²) in [5.74, 6) is 0.536. The van der Waals surface area contributed by atoms with Crippen LogP contribution in [0.25, 0.3) is 0 Å². The predicted octanol–water partition coefficient (Wildman–Crippen LogP) is 2.37. The third-order valence-corrected chi connectivity index (χ3v) is 5.98. The van der Waals surface area contributed by atoms with E-state index in [-0.39, 0.29) is 29.3 Å². The van der Waals surface area contributed by atoms with Gasteiger partial charge in [0, 0.05) is 24.0 Å². The average Bonchev–Trinajstić information content (AvgIpc) is 2.62. The normalized spacial score (nSPS) is 18.7. The van der Waals surface area contributed by atoms with Gasteiger partial charge in [-0.25, -0.2) is 18.4 Å². The molecule has 0 amide bonds. The van der Waals surface area contributed by atoms with Crippen LogP contribution in [0.4, 0.5) is 0 Å². The molecule has 2 heterocycles. The van der Waals surface area contributed by atoms with Gasteiger partial charge in [0.1, 0.15) is 6.10 Å². The summed E-state index contributed by atoms with van der Waals surface area (Å²) in [7, 11) is -2.14. The number of hydrogen-bond acceptors (Lipinski definition) is 6. The number of benzene rings is 1. The van der Waals surface area contributed by atoms with Crippen LogP contribution >= 0.6 is 11.6 Å². The highest BCUT2D eigenvalue weighted by Gasteiger charge is 2.32. The smallest absolute Gasteiger partial charge is 0.278 e. The maximum absolute atomic E-state index is 12.8. The molecule has 134 valence electrons. The van der Waals surface area contributed by atoms with E-state index in [1.165, 1.54) is 35.9 Å². The van der Waals surface area contributed by atoms with Gasteiger partial charge in [-0.05, 0) is 31.0 Å². The summed E-state index contributed by atoms with van der Waals surface area (Å²) in [6.45, 7) is 0.668. The molecule has 1 fully saturated rings. The summed E-state index contributed by atoms with van der Waals surface area (Å²) in [4.78, 5) is 8.32. The molecule has 1 unspecified atom stereocenters. The maximum atomic E-state index is 12.8. The molecule has 3 rings (SSSR count). The standard InChI is InChI=1S/C16H18ClN3O4S/c1-23-15-16(19-8-7-18-15)24-13-5-3-9-20(11-13)25(21,22)14-6-2-4-12(17)10-14/h2,4,6-8,10,13H,3,5,9,11H2,1H3. The number of piperidine rings is 1. The first-order chi connectivity index (χ1) is 12.0. The number of hydrogen-bond donors (Lipinski definition) is 0. The van der Waals surface area contributed by atoms with E-state index in [4.69, 9.17) is 21.1 Å². The molecule has 1 aromatic carbocycles. The van der Waals surface area contributed by atoms with Crippen LogP contribution in [-0.2, 0) is 10.0 Å². The Kier molecular flexibility index (Phi) is 5.41. The lowest BCUT2D eigenvalue weighted by Gasteiger charge is -2.31. The Labute approximate surface area is 151 Å².